The van der Waals surface area contributed by atoms with Crippen LogP contribution in [-0.2, 0) is 4.74 Å². The standard InChI is InChI=1S/C20H31N3O/c1-2-3-4-5-6-7-10-16-24-17-23-19-13-9-8-12-18(19)22-15-11-14-21-20(22)23/h8-9,12-13H,2-7,10-11,14-17H2,1H3. The van der Waals surface area contributed by atoms with Gasteiger partial charge in [0.1, 0.15) is 6.73 Å². The lowest BCUT2D eigenvalue weighted by molar-refractivity contribution is 0.137. The van der Waals surface area contributed by atoms with E-state index in [1.165, 1.54) is 49.9 Å². The summed E-state index contributed by atoms with van der Waals surface area (Å²) in [6, 6.07) is 8.56. The van der Waals surface area contributed by atoms with Crippen molar-refractivity contribution < 1.29 is 4.74 Å². The zero-order valence-electron chi connectivity index (χ0n) is 15.0. The van der Waals surface area contributed by atoms with Gasteiger partial charge in [0.15, 0.2) is 0 Å². The zero-order chi connectivity index (χ0) is 16.6. The number of nitrogens with zero attached hydrogens (tertiary/aromatic N) is 3. The first-order valence-electron chi connectivity index (χ1n) is 9.68. The predicted molar refractivity (Wildman–Crippen MR) is 102 cm³/mol. The molecule has 2 aliphatic heterocycles. The number of unbranched alkanes of at least 4 members (excludes halogenated alkanes) is 6. The first kappa shape index (κ1) is 17.3. The first-order valence-corrected chi connectivity index (χ1v) is 9.68. The van der Waals surface area contributed by atoms with Gasteiger partial charge in [0, 0.05) is 19.7 Å². The maximum atomic E-state index is 5.97. The lowest BCUT2D eigenvalue weighted by atomic mass is 10.1. The van der Waals surface area contributed by atoms with Crippen molar-refractivity contribution in [1.29, 1.82) is 0 Å². The summed E-state index contributed by atoms with van der Waals surface area (Å²) in [7, 11) is 0. The summed E-state index contributed by atoms with van der Waals surface area (Å²) in [6.07, 6.45) is 10.4. The molecule has 0 aliphatic carbocycles. The maximum Gasteiger partial charge on any atom is 0.207 e. The van der Waals surface area contributed by atoms with E-state index in [1.807, 2.05) is 0 Å². The summed E-state index contributed by atoms with van der Waals surface area (Å²) in [6.45, 7) is 5.71. The van der Waals surface area contributed by atoms with Gasteiger partial charge < -0.3 is 9.64 Å². The largest absolute Gasteiger partial charge is 0.361 e. The van der Waals surface area contributed by atoms with E-state index in [1.54, 1.807) is 0 Å². The van der Waals surface area contributed by atoms with Crippen molar-refractivity contribution in [3.8, 4) is 0 Å². The monoisotopic (exact) mass is 329 g/mol. The van der Waals surface area contributed by atoms with E-state index in [2.05, 4.69) is 41.0 Å². The Hall–Kier alpha value is -1.55. The van der Waals surface area contributed by atoms with Gasteiger partial charge in [-0.15, -0.1) is 0 Å². The fourth-order valence-corrected chi connectivity index (χ4v) is 3.53. The molecule has 24 heavy (non-hydrogen) atoms. The molecule has 0 spiro atoms. The van der Waals surface area contributed by atoms with Gasteiger partial charge in [0.05, 0.1) is 11.4 Å². The van der Waals surface area contributed by atoms with Crippen LogP contribution in [-0.4, -0.2) is 32.4 Å². The molecule has 0 amide bonds. The Morgan fingerprint density at radius 2 is 1.75 bits per heavy atom. The molecule has 0 aromatic heterocycles. The Morgan fingerprint density at radius 3 is 2.58 bits per heavy atom. The Bertz CT molecular complexity index is 543. The van der Waals surface area contributed by atoms with E-state index in [0.29, 0.717) is 6.73 Å². The summed E-state index contributed by atoms with van der Waals surface area (Å²) >= 11 is 0. The molecule has 0 saturated carbocycles. The number of ether oxygens (including phenoxy) is 1. The number of hydrogen-bond donors (Lipinski definition) is 0. The van der Waals surface area contributed by atoms with E-state index in [0.717, 1.165) is 38.5 Å². The van der Waals surface area contributed by atoms with Crippen molar-refractivity contribution in [3.05, 3.63) is 24.3 Å². The van der Waals surface area contributed by atoms with Gasteiger partial charge in [-0.2, -0.15) is 0 Å². The van der Waals surface area contributed by atoms with Gasteiger partial charge in [-0.1, -0.05) is 57.6 Å². The normalized spacial score (nSPS) is 16.1. The molecule has 132 valence electrons. The molecule has 0 saturated heterocycles. The molecule has 0 bridgehead atoms. The van der Waals surface area contributed by atoms with Crippen LogP contribution in [0.4, 0.5) is 11.4 Å². The maximum absolute atomic E-state index is 5.97. The first-order chi connectivity index (χ1) is 11.9. The fourth-order valence-electron chi connectivity index (χ4n) is 3.53. The third kappa shape index (κ3) is 4.10. The summed E-state index contributed by atoms with van der Waals surface area (Å²) in [5.41, 5.74) is 2.51. The molecule has 2 aliphatic rings. The van der Waals surface area contributed by atoms with Crippen LogP contribution in [0.1, 0.15) is 58.3 Å². The van der Waals surface area contributed by atoms with Crippen LogP contribution in [0.15, 0.2) is 29.3 Å². The fraction of sp³-hybridized carbons (Fsp3) is 0.650. The molecule has 3 rings (SSSR count). The van der Waals surface area contributed by atoms with Crippen LogP contribution >= 0.6 is 0 Å². The summed E-state index contributed by atoms with van der Waals surface area (Å²) in [5.74, 6) is 1.07. The number of anilines is 2. The van der Waals surface area contributed by atoms with Crippen LogP contribution in [0.3, 0.4) is 0 Å². The smallest absolute Gasteiger partial charge is 0.207 e. The lowest BCUT2D eigenvalue weighted by Crippen LogP contribution is -2.42. The second-order valence-electron chi connectivity index (χ2n) is 6.76. The van der Waals surface area contributed by atoms with E-state index < -0.39 is 0 Å². The minimum absolute atomic E-state index is 0.613. The number of rotatable bonds is 10. The Kier molecular flexibility index (Phi) is 6.53. The lowest BCUT2D eigenvalue weighted by Gasteiger charge is -2.26. The van der Waals surface area contributed by atoms with Crippen molar-refractivity contribution in [3.63, 3.8) is 0 Å². The number of fused-ring (bicyclic) bond motifs is 3. The van der Waals surface area contributed by atoms with Gasteiger partial charge in [0.2, 0.25) is 5.96 Å². The predicted octanol–water partition coefficient (Wildman–Crippen LogP) is 4.80. The highest BCUT2D eigenvalue weighted by molar-refractivity contribution is 6.16. The zero-order valence-corrected chi connectivity index (χ0v) is 15.0. The molecular weight excluding hydrogens is 298 g/mol. The molecule has 0 fully saturated rings. The molecule has 0 radical (unpaired) electrons. The Balaban J connectivity index is 1.43. The van der Waals surface area contributed by atoms with Crippen LogP contribution in [0, 0.1) is 0 Å². The molecule has 2 heterocycles. The minimum Gasteiger partial charge on any atom is -0.361 e. The average molecular weight is 329 g/mol. The third-order valence-corrected chi connectivity index (χ3v) is 4.85. The SMILES string of the molecule is CCCCCCCCCOCN1C2=NCCCN2c2ccccc21. The molecule has 0 atom stereocenters. The molecule has 4 heteroatoms. The Labute approximate surface area is 146 Å². The summed E-state index contributed by atoms with van der Waals surface area (Å²) in [4.78, 5) is 9.29. The number of hydrogen-bond acceptors (Lipinski definition) is 4. The molecule has 0 unspecified atom stereocenters. The third-order valence-electron chi connectivity index (χ3n) is 4.85. The average Bonchev–Trinajstić information content (AvgIpc) is 2.95. The van der Waals surface area contributed by atoms with Crippen molar-refractivity contribution >= 4 is 17.3 Å². The molecule has 0 N–H and O–H groups in total. The highest BCUT2D eigenvalue weighted by atomic mass is 16.5. The number of benzene rings is 1. The van der Waals surface area contributed by atoms with Gasteiger partial charge >= 0.3 is 0 Å². The van der Waals surface area contributed by atoms with Crippen LogP contribution in [0.25, 0.3) is 0 Å². The quantitative estimate of drug-likeness (QED) is 0.577. The minimum atomic E-state index is 0.613. The van der Waals surface area contributed by atoms with Gasteiger partial charge in [-0.3, -0.25) is 9.89 Å². The van der Waals surface area contributed by atoms with Crippen LogP contribution < -0.4 is 9.80 Å². The number of aliphatic imine (C=N–C) groups is 1. The summed E-state index contributed by atoms with van der Waals surface area (Å²) < 4.78 is 5.97. The molecule has 1 aromatic rings. The topological polar surface area (TPSA) is 28.1 Å². The van der Waals surface area contributed by atoms with Crippen molar-refractivity contribution in [2.24, 2.45) is 4.99 Å². The second-order valence-corrected chi connectivity index (χ2v) is 6.76. The van der Waals surface area contributed by atoms with Crippen LogP contribution in [0.5, 0.6) is 0 Å². The van der Waals surface area contributed by atoms with E-state index in [9.17, 15) is 0 Å². The highest BCUT2D eigenvalue weighted by Crippen LogP contribution is 2.37. The molecule has 4 nitrogen and oxygen atoms in total. The van der Waals surface area contributed by atoms with Gasteiger partial charge in [-0.05, 0) is 25.0 Å². The van der Waals surface area contributed by atoms with Crippen molar-refractivity contribution in [2.75, 3.05) is 36.2 Å². The Morgan fingerprint density at radius 1 is 1.00 bits per heavy atom. The highest BCUT2D eigenvalue weighted by Gasteiger charge is 2.33. The van der Waals surface area contributed by atoms with Gasteiger partial charge in [-0.25, -0.2) is 0 Å². The van der Waals surface area contributed by atoms with Gasteiger partial charge in [0.25, 0.3) is 0 Å². The molecule has 1 aromatic carbocycles. The second kappa shape index (κ2) is 9.07. The number of para-hydroxylation sites is 2. The number of guanidine groups is 1. The van der Waals surface area contributed by atoms with Crippen molar-refractivity contribution in [2.45, 2.75) is 58.3 Å². The van der Waals surface area contributed by atoms with E-state index in [4.69, 9.17) is 9.73 Å². The van der Waals surface area contributed by atoms with Crippen molar-refractivity contribution in [1.82, 2.24) is 0 Å². The van der Waals surface area contributed by atoms with Crippen LogP contribution in [0.2, 0.25) is 0 Å². The summed E-state index contributed by atoms with van der Waals surface area (Å²) in [5, 5.41) is 0. The molecular formula is C20H31N3O. The van der Waals surface area contributed by atoms with E-state index in [-0.39, 0.29) is 0 Å². The van der Waals surface area contributed by atoms with E-state index >= 15 is 0 Å².